The van der Waals surface area contributed by atoms with Gasteiger partial charge in [0, 0.05) is 43.6 Å². The number of piperazine rings is 1. The molecule has 0 spiro atoms. The Balaban J connectivity index is 0.000000479. The van der Waals surface area contributed by atoms with Crippen LogP contribution < -0.4 is 15.9 Å². The van der Waals surface area contributed by atoms with Crippen molar-refractivity contribution in [2.45, 2.75) is 26.1 Å². The Hall–Kier alpha value is -3.94. The molecule has 1 aliphatic rings. The number of halogens is 4. The van der Waals surface area contributed by atoms with Crippen LogP contribution in [-0.2, 0) is 4.79 Å². The number of benzene rings is 1. The highest BCUT2D eigenvalue weighted by Gasteiger charge is 2.38. The minimum Gasteiger partial charge on any atom is -0.475 e. The summed E-state index contributed by atoms with van der Waals surface area (Å²) in [7, 11) is 0. The second kappa shape index (κ2) is 11.4. The molecule has 3 aromatic rings. The van der Waals surface area contributed by atoms with E-state index in [1.54, 1.807) is 18.2 Å². The summed E-state index contributed by atoms with van der Waals surface area (Å²) in [5, 5.41) is 16.2. The zero-order valence-electron chi connectivity index (χ0n) is 20.0. The zero-order valence-corrected chi connectivity index (χ0v) is 20.0. The second-order valence-electron chi connectivity index (χ2n) is 8.30. The first kappa shape index (κ1) is 27.6. The quantitative estimate of drug-likeness (QED) is 0.437. The van der Waals surface area contributed by atoms with E-state index in [2.05, 4.69) is 32.2 Å². The number of aliphatic carboxylic acids is 1. The van der Waals surface area contributed by atoms with Crippen molar-refractivity contribution in [2.24, 2.45) is 0 Å². The molecule has 0 radical (unpaired) electrons. The number of hydrogen-bond donors (Lipinski definition) is 3. The summed E-state index contributed by atoms with van der Waals surface area (Å²) in [5.74, 6) is -3.44. The number of nitrogens with zero attached hydrogens (tertiary/aromatic N) is 4. The molecule has 1 unspecified atom stereocenters. The molecule has 3 heterocycles. The topological polar surface area (TPSA) is 123 Å². The fourth-order valence-corrected chi connectivity index (χ4v) is 3.86. The van der Waals surface area contributed by atoms with Crippen molar-refractivity contribution in [3.8, 4) is 0 Å². The molecule has 37 heavy (non-hydrogen) atoms. The van der Waals surface area contributed by atoms with Crippen LogP contribution in [0.3, 0.4) is 0 Å². The van der Waals surface area contributed by atoms with E-state index in [0.717, 1.165) is 44.0 Å². The van der Waals surface area contributed by atoms with Gasteiger partial charge in [-0.3, -0.25) is 4.79 Å². The van der Waals surface area contributed by atoms with Crippen LogP contribution in [-0.4, -0.2) is 75.4 Å². The number of fused-ring (bicyclic) bond motifs is 1. The van der Waals surface area contributed by atoms with Crippen LogP contribution in [0, 0.1) is 5.82 Å². The van der Waals surface area contributed by atoms with E-state index in [1.807, 2.05) is 6.92 Å². The van der Waals surface area contributed by atoms with E-state index in [1.165, 1.54) is 22.7 Å². The van der Waals surface area contributed by atoms with Gasteiger partial charge in [-0.1, -0.05) is 6.92 Å². The van der Waals surface area contributed by atoms with E-state index in [4.69, 9.17) is 9.90 Å². The normalized spacial score (nSPS) is 15.1. The van der Waals surface area contributed by atoms with Gasteiger partial charge in [-0.15, -0.1) is 0 Å². The Morgan fingerprint density at radius 3 is 2.41 bits per heavy atom. The Morgan fingerprint density at radius 2 is 1.81 bits per heavy atom. The maximum absolute atomic E-state index is 14.0. The number of carbonyl (C=O) groups excluding carboxylic acids is 1. The van der Waals surface area contributed by atoms with Crippen LogP contribution >= 0.6 is 0 Å². The van der Waals surface area contributed by atoms with Crippen LogP contribution in [0.1, 0.15) is 35.8 Å². The Morgan fingerprint density at radius 1 is 1.16 bits per heavy atom. The first-order valence-corrected chi connectivity index (χ1v) is 11.3. The lowest BCUT2D eigenvalue weighted by molar-refractivity contribution is -0.192. The van der Waals surface area contributed by atoms with Gasteiger partial charge in [0.2, 0.25) is 0 Å². The summed E-state index contributed by atoms with van der Waals surface area (Å²) in [6, 6.07) is 7.51. The lowest BCUT2D eigenvalue weighted by atomic mass is 10.0. The average molecular weight is 526 g/mol. The largest absolute Gasteiger partial charge is 0.490 e. The molecule has 1 aromatic carbocycles. The third-order valence-electron chi connectivity index (χ3n) is 5.88. The second-order valence-corrected chi connectivity index (χ2v) is 8.30. The smallest absolute Gasteiger partial charge is 0.475 e. The van der Waals surface area contributed by atoms with E-state index in [9.17, 15) is 27.2 Å². The summed E-state index contributed by atoms with van der Waals surface area (Å²) in [5.41, 5.74) is 2.01. The van der Waals surface area contributed by atoms with Crippen molar-refractivity contribution in [3.05, 3.63) is 64.0 Å². The first-order valence-electron chi connectivity index (χ1n) is 11.3. The number of nitrogens with one attached hydrogen (secondary N) is 2. The van der Waals surface area contributed by atoms with Crippen LogP contribution in [0.25, 0.3) is 5.65 Å². The van der Waals surface area contributed by atoms with Crippen molar-refractivity contribution in [2.75, 3.05) is 37.6 Å². The van der Waals surface area contributed by atoms with Gasteiger partial charge in [-0.05, 0) is 43.8 Å². The predicted molar refractivity (Wildman–Crippen MR) is 126 cm³/mol. The minimum atomic E-state index is -5.08. The van der Waals surface area contributed by atoms with Gasteiger partial charge in [0.1, 0.15) is 5.82 Å². The number of likely N-dealkylation sites (N-methyl/N-ethyl adjacent to an activating group) is 1. The Kier molecular flexibility index (Phi) is 8.53. The molecule has 1 aliphatic heterocycles. The maximum Gasteiger partial charge on any atom is 0.490 e. The van der Waals surface area contributed by atoms with E-state index in [0.29, 0.717) is 11.2 Å². The van der Waals surface area contributed by atoms with E-state index in [-0.39, 0.29) is 11.7 Å². The lowest BCUT2D eigenvalue weighted by Crippen LogP contribution is -2.46. The third-order valence-corrected chi connectivity index (χ3v) is 5.88. The lowest BCUT2D eigenvalue weighted by Gasteiger charge is -2.37. The van der Waals surface area contributed by atoms with Gasteiger partial charge in [-0.25, -0.2) is 23.5 Å². The van der Waals surface area contributed by atoms with Gasteiger partial charge < -0.3 is 20.2 Å². The summed E-state index contributed by atoms with van der Waals surface area (Å²) in [6.07, 6.45) is -3.64. The SMILES string of the molecule is CCN1CCN(c2ccc(F)cc2C(C)NC(=O)c2ccc3n[nH]c(=O)n3c2)CC1.O=C(O)C(F)(F)F. The number of aromatic amines is 1. The highest BCUT2D eigenvalue weighted by Crippen LogP contribution is 2.28. The van der Waals surface area contributed by atoms with Crippen molar-refractivity contribution in [1.29, 1.82) is 0 Å². The highest BCUT2D eigenvalue weighted by molar-refractivity contribution is 5.94. The number of amides is 1. The molecule has 0 bridgehead atoms. The third kappa shape index (κ3) is 6.84. The minimum absolute atomic E-state index is 0.326. The molecule has 1 atom stereocenters. The van der Waals surface area contributed by atoms with Crippen LogP contribution in [0.4, 0.5) is 23.2 Å². The number of carbonyl (C=O) groups is 2. The number of carboxylic acid groups (broad SMARTS) is 1. The standard InChI is InChI=1S/C21H25FN6O2.C2HF3O2/c1-3-26-8-10-27(11-9-26)18-6-5-16(22)12-17(18)14(2)23-20(29)15-4-7-19-24-25-21(30)28(19)13-15;3-2(4,5)1(6)7/h4-7,12-14H,3,8-11H2,1-2H3,(H,23,29)(H,25,30);(H,6,7). The molecule has 10 nitrogen and oxygen atoms in total. The number of aromatic nitrogens is 3. The number of carboxylic acids is 1. The number of anilines is 1. The van der Waals surface area contributed by atoms with Crippen LogP contribution in [0.5, 0.6) is 0 Å². The van der Waals surface area contributed by atoms with E-state index >= 15 is 0 Å². The van der Waals surface area contributed by atoms with E-state index < -0.39 is 23.9 Å². The Labute approximate surface area is 208 Å². The molecule has 14 heteroatoms. The zero-order chi connectivity index (χ0) is 27.3. The van der Waals surface area contributed by atoms with Crippen LogP contribution in [0.15, 0.2) is 41.3 Å². The monoisotopic (exact) mass is 526 g/mol. The first-order chi connectivity index (χ1) is 17.4. The fraction of sp³-hybridized carbons (Fsp3) is 0.391. The molecule has 3 N–H and O–H groups in total. The molecular weight excluding hydrogens is 500 g/mol. The molecule has 1 fully saturated rings. The van der Waals surface area contributed by atoms with Gasteiger partial charge in [-0.2, -0.15) is 18.3 Å². The van der Waals surface area contributed by atoms with Crippen molar-refractivity contribution >= 4 is 23.2 Å². The molecule has 1 saturated heterocycles. The number of pyridine rings is 1. The highest BCUT2D eigenvalue weighted by atomic mass is 19.4. The summed E-state index contributed by atoms with van der Waals surface area (Å²) in [4.78, 5) is 38.1. The molecule has 1 amide bonds. The van der Waals surface area contributed by atoms with Gasteiger partial charge in [0.05, 0.1) is 11.6 Å². The average Bonchev–Trinajstić information content (AvgIpc) is 3.23. The van der Waals surface area contributed by atoms with Crippen molar-refractivity contribution < 1.29 is 32.3 Å². The molecule has 200 valence electrons. The van der Waals surface area contributed by atoms with Crippen molar-refractivity contribution in [3.63, 3.8) is 0 Å². The van der Waals surface area contributed by atoms with Gasteiger partial charge in [0.25, 0.3) is 5.91 Å². The fourth-order valence-electron chi connectivity index (χ4n) is 3.86. The molecule has 2 aromatic heterocycles. The maximum atomic E-state index is 14.0. The summed E-state index contributed by atoms with van der Waals surface area (Å²) < 4.78 is 47.1. The number of hydrogen-bond acceptors (Lipinski definition) is 6. The number of alkyl halides is 3. The van der Waals surface area contributed by atoms with Crippen molar-refractivity contribution in [1.82, 2.24) is 24.8 Å². The summed E-state index contributed by atoms with van der Waals surface area (Å²) in [6.45, 7) is 8.61. The van der Waals surface area contributed by atoms with Gasteiger partial charge in [0.15, 0.2) is 5.65 Å². The molecular formula is C23H26F4N6O4. The van der Waals surface area contributed by atoms with Gasteiger partial charge >= 0.3 is 17.8 Å². The number of rotatable bonds is 5. The molecule has 0 saturated carbocycles. The number of H-pyrrole nitrogens is 1. The Bertz CT molecular complexity index is 1310. The molecule has 4 rings (SSSR count). The van der Waals surface area contributed by atoms with Crippen LogP contribution in [0.2, 0.25) is 0 Å². The molecule has 0 aliphatic carbocycles. The predicted octanol–water partition coefficient (Wildman–Crippen LogP) is 2.43. The summed E-state index contributed by atoms with van der Waals surface area (Å²) >= 11 is 0.